The number of phenolic OH excluding ortho intramolecular Hbond substituents is 1. The number of nitrogens with zero attached hydrogens (tertiary/aromatic N) is 3. The molecular formula is C15H12ClN5O2. The van der Waals surface area contributed by atoms with Crippen LogP contribution in [0.25, 0.3) is 5.82 Å². The summed E-state index contributed by atoms with van der Waals surface area (Å²) in [7, 11) is 0. The predicted molar refractivity (Wildman–Crippen MR) is 87.1 cm³/mol. The lowest BCUT2D eigenvalue weighted by molar-refractivity contribution is 0.262. The Morgan fingerprint density at radius 2 is 1.96 bits per heavy atom. The monoisotopic (exact) mass is 329 g/mol. The van der Waals surface area contributed by atoms with Gasteiger partial charge in [0, 0.05) is 18.1 Å². The van der Waals surface area contributed by atoms with E-state index in [1.165, 1.54) is 18.3 Å². The highest BCUT2D eigenvalue weighted by Crippen LogP contribution is 2.26. The Kier molecular flexibility index (Phi) is 4.11. The number of carbonyl (C=O) groups excluding carboxylic acids is 1. The van der Waals surface area contributed by atoms with Crippen LogP contribution < -0.4 is 10.6 Å². The summed E-state index contributed by atoms with van der Waals surface area (Å²) in [6, 6.07) is 9.20. The Morgan fingerprint density at radius 1 is 1.17 bits per heavy atom. The third-order valence-corrected chi connectivity index (χ3v) is 3.25. The Labute approximate surface area is 136 Å². The van der Waals surface area contributed by atoms with Gasteiger partial charge in [0.05, 0.1) is 16.9 Å². The molecule has 3 rings (SSSR count). The molecule has 0 aliphatic carbocycles. The fourth-order valence-electron chi connectivity index (χ4n) is 1.88. The van der Waals surface area contributed by atoms with E-state index in [4.69, 9.17) is 11.6 Å². The van der Waals surface area contributed by atoms with Crippen molar-refractivity contribution in [1.82, 2.24) is 14.8 Å². The van der Waals surface area contributed by atoms with Crippen LogP contribution in [-0.2, 0) is 0 Å². The highest BCUT2D eigenvalue weighted by Gasteiger charge is 2.06. The molecule has 0 saturated carbocycles. The molecule has 0 atom stereocenters. The molecule has 0 bridgehead atoms. The molecule has 0 unspecified atom stereocenters. The van der Waals surface area contributed by atoms with E-state index in [2.05, 4.69) is 20.7 Å². The number of hydrogen-bond acceptors (Lipinski definition) is 4. The van der Waals surface area contributed by atoms with E-state index < -0.39 is 6.03 Å². The number of pyridine rings is 1. The van der Waals surface area contributed by atoms with Crippen molar-refractivity contribution < 1.29 is 9.90 Å². The van der Waals surface area contributed by atoms with Crippen molar-refractivity contribution in [3.63, 3.8) is 0 Å². The summed E-state index contributed by atoms with van der Waals surface area (Å²) >= 11 is 5.78. The Bertz CT molecular complexity index is 818. The molecular weight excluding hydrogens is 318 g/mol. The molecule has 0 spiro atoms. The molecule has 3 aromatic rings. The van der Waals surface area contributed by atoms with Crippen LogP contribution in [0.4, 0.5) is 16.2 Å². The van der Waals surface area contributed by atoms with Gasteiger partial charge in [-0.2, -0.15) is 5.10 Å². The summed E-state index contributed by atoms with van der Waals surface area (Å²) in [4.78, 5) is 16.1. The maximum absolute atomic E-state index is 11.9. The van der Waals surface area contributed by atoms with Gasteiger partial charge in [0.2, 0.25) is 0 Å². The molecule has 0 aliphatic heterocycles. The van der Waals surface area contributed by atoms with Crippen molar-refractivity contribution in [3.8, 4) is 11.6 Å². The average molecular weight is 330 g/mol. The van der Waals surface area contributed by atoms with Crippen LogP contribution in [-0.4, -0.2) is 25.9 Å². The molecule has 0 radical (unpaired) electrons. The molecule has 1 aromatic carbocycles. The van der Waals surface area contributed by atoms with Crippen LogP contribution in [0.3, 0.4) is 0 Å². The van der Waals surface area contributed by atoms with E-state index in [9.17, 15) is 9.90 Å². The average Bonchev–Trinajstić information content (AvgIpc) is 3.06. The number of benzene rings is 1. The summed E-state index contributed by atoms with van der Waals surface area (Å²) < 4.78 is 1.61. The third-order valence-electron chi connectivity index (χ3n) is 2.95. The molecule has 0 fully saturated rings. The number of rotatable bonds is 3. The molecule has 23 heavy (non-hydrogen) atoms. The Hall–Kier alpha value is -3.06. The zero-order valence-corrected chi connectivity index (χ0v) is 12.5. The lowest BCUT2D eigenvalue weighted by atomic mass is 10.3. The highest BCUT2D eigenvalue weighted by atomic mass is 35.5. The van der Waals surface area contributed by atoms with Gasteiger partial charge in [-0.3, -0.25) is 0 Å². The Balaban J connectivity index is 1.64. The van der Waals surface area contributed by atoms with Gasteiger partial charge in [-0.25, -0.2) is 14.5 Å². The first-order valence-electron chi connectivity index (χ1n) is 6.64. The Morgan fingerprint density at radius 3 is 2.61 bits per heavy atom. The van der Waals surface area contributed by atoms with Crippen molar-refractivity contribution in [3.05, 3.63) is 60.0 Å². The summed E-state index contributed by atoms with van der Waals surface area (Å²) in [5.41, 5.74) is 0.995. The molecule has 7 nitrogen and oxygen atoms in total. The zero-order valence-electron chi connectivity index (χ0n) is 11.8. The first-order chi connectivity index (χ1) is 11.1. The minimum Gasteiger partial charge on any atom is -0.506 e. The SMILES string of the molecule is O=C(Nc1ccc(-n2cccn2)nc1)Nc1ccc(O)c(Cl)c1. The number of amides is 2. The normalized spacial score (nSPS) is 10.3. The van der Waals surface area contributed by atoms with Crippen LogP contribution in [0.15, 0.2) is 55.0 Å². The second-order valence-corrected chi connectivity index (χ2v) is 5.01. The number of halogens is 1. The topological polar surface area (TPSA) is 92.1 Å². The van der Waals surface area contributed by atoms with Crippen molar-refractivity contribution in [2.45, 2.75) is 0 Å². The molecule has 2 amide bonds. The minimum atomic E-state index is -0.444. The van der Waals surface area contributed by atoms with Gasteiger partial charge in [-0.15, -0.1) is 0 Å². The number of aromatic hydroxyl groups is 1. The molecule has 116 valence electrons. The predicted octanol–water partition coefficient (Wildman–Crippen LogP) is 3.27. The maximum atomic E-state index is 11.9. The number of nitrogens with one attached hydrogen (secondary N) is 2. The zero-order chi connectivity index (χ0) is 16.2. The lowest BCUT2D eigenvalue weighted by Crippen LogP contribution is -2.19. The van der Waals surface area contributed by atoms with Crippen molar-refractivity contribution in [1.29, 1.82) is 0 Å². The second-order valence-electron chi connectivity index (χ2n) is 4.60. The van der Waals surface area contributed by atoms with Gasteiger partial charge in [-0.1, -0.05) is 11.6 Å². The summed E-state index contributed by atoms with van der Waals surface area (Å²) in [5, 5.41) is 18.8. The number of phenols is 1. The first kappa shape index (κ1) is 14.9. The van der Waals surface area contributed by atoms with Gasteiger partial charge in [0.25, 0.3) is 0 Å². The van der Waals surface area contributed by atoms with Gasteiger partial charge in [0.1, 0.15) is 5.75 Å². The van der Waals surface area contributed by atoms with Crippen LogP contribution in [0.1, 0.15) is 0 Å². The molecule has 0 aliphatic rings. The van der Waals surface area contributed by atoms with Gasteiger partial charge in [-0.05, 0) is 36.4 Å². The summed E-state index contributed by atoms with van der Waals surface area (Å²) in [6.45, 7) is 0. The van der Waals surface area contributed by atoms with E-state index in [-0.39, 0.29) is 10.8 Å². The lowest BCUT2D eigenvalue weighted by Gasteiger charge is -2.08. The van der Waals surface area contributed by atoms with Crippen molar-refractivity contribution >= 4 is 29.0 Å². The van der Waals surface area contributed by atoms with E-state index in [1.54, 1.807) is 41.3 Å². The third kappa shape index (κ3) is 3.58. The van der Waals surface area contributed by atoms with Crippen LogP contribution >= 0.6 is 11.6 Å². The molecule has 8 heteroatoms. The first-order valence-corrected chi connectivity index (χ1v) is 7.02. The maximum Gasteiger partial charge on any atom is 0.323 e. The van der Waals surface area contributed by atoms with Crippen LogP contribution in [0.2, 0.25) is 5.02 Å². The number of urea groups is 1. The number of anilines is 2. The smallest absolute Gasteiger partial charge is 0.323 e. The molecule has 2 aromatic heterocycles. The van der Waals surface area contributed by atoms with Crippen LogP contribution in [0, 0.1) is 0 Å². The van der Waals surface area contributed by atoms with Crippen molar-refractivity contribution in [2.75, 3.05) is 10.6 Å². The fourth-order valence-corrected chi connectivity index (χ4v) is 2.06. The van der Waals surface area contributed by atoms with Gasteiger partial charge >= 0.3 is 6.03 Å². The number of carbonyl (C=O) groups is 1. The number of hydrogen-bond donors (Lipinski definition) is 3. The molecule has 0 saturated heterocycles. The van der Waals surface area contributed by atoms with Gasteiger partial charge < -0.3 is 15.7 Å². The highest BCUT2D eigenvalue weighted by molar-refractivity contribution is 6.32. The standard InChI is InChI=1S/C15H12ClN5O2/c16-12-8-10(2-4-13(12)22)19-15(23)20-11-3-5-14(17-9-11)21-7-1-6-18-21/h1-9,22H,(H2,19,20,23). The van der Waals surface area contributed by atoms with E-state index >= 15 is 0 Å². The largest absolute Gasteiger partial charge is 0.506 e. The summed E-state index contributed by atoms with van der Waals surface area (Å²) in [5.74, 6) is 0.599. The minimum absolute atomic E-state index is 0.0453. The van der Waals surface area contributed by atoms with E-state index in [0.717, 1.165) is 0 Å². The second kappa shape index (κ2) is 6.37. The van der Waals surface area contributed by atoms with E-state index in [0.29, 0.717) is 17.2 Å². The molecule has 3 N–H and O–H groups in total. The van der Waals surface area contributed by atoms with Crippen LogP contribution in [0.5, 0.6) is 5.75 Å². The quantitative estimate of drug-likeness (QED) is 0.643. The number of aromatic nitrogens is 3. The summed E-state index contributed by atoms with van der Waals surface area (Å²) in [6.07, 6.45) is 4.96. The van der Waals surface area contributed by atoms with Gasteiger partial charge in [0.15, 0.2) is 5.82 Å². The fraction of sp³-hybridized carbons (Fsp3) is 0. The van der Waals surface area contributed by atoms with Crippen molar-refractivity contribution in [2.24, 2.45) is 0 Å². The molecule has 2 heterocycles. The van der Waals surface area contributed by atoms with E-state index in [1.807, 2.05) is 0 Å².